The van der Waals surface area contributed by atoms with E-state index in [0.29, 0.717) is 12.4 Å². The molecule has 0 amide bonds. The smallest absolute Gasteiger partial charge is 0.418 e. The van der Waals surface area contributed by atoms with Crippen LogP contribution in [0.5, 0.6) is 5.75 Å². The topological polar surface area (TPSA) is 55.4 Å². The van der Waals surface area contributed by atoms with E-state index in [1.165, 1.54) is 36.4 Å². The van der Waals surface area contributed by atoms with Crippen molar-refractivity contribution in [3.8, 4) is 5.75 Å². The lowest BCUT2D eigenvalue weighted by atomic mass is 10.2. The van der Waals surface area contributed by atoms with Gasteiger partial charge in [0.1, 0.15) is 5.75 Å². The maximum Gasteiger partial charge on any atom is 0.418 e. The Kier molecular flexibility index (Phi) is 5.94. The molecule has 0 fully saturated rings. The molecule has 0 saturated heterocycles. The van der Waals surface area contributed by atoms with Crippen LogP contribution in [0.2, 0.25) is 0 Å². The first kappa shape index (κ1) is 19.1. The first-order valence-electron chi connectivity index (χ1n) is 7.66. The van der Waals surface area contributed by atoms with Gasteiger partial charge in [0.2, 0.25) is 0 Å². The van der Waals surface area contributed by atoms with Gasteiger partial charge in [0.15, 0.2) is 0 Å². The molecule has 0 bridgehead atoms. The Balaban J connectivity index is 2.20. The first-order valence-corrected chi connectivity index (χ1v) is 9.14. The Labute approximate surface area is 144 Å². The van der Waals surface area contributed by atoms with Gasteiger partial charge in [-0.25, -0.2) is 8.42 Å². The van der Waals surface area contributed by atoms with Crippen molar-refractivity contribution < 1.29 is 26.3 Å². The molecule has 25 heavy (non-hydrogen) atoms. The average molecular weight is 373 g/mol. The van der Waals surface area contributed by atoms with Crippen molar-refractivity contribution in [2.75, 3.05) is 11.3 Å². The van der Waals surface area contributed by atoms with Crippen LogP contribution in [0.4, 0.5) is 18.9 Å². The summed E-state index contributed by atoms with van der Waals surface area (Å²) in [5, 5.41) is 0. The number of para-hydroxylation sites is 1. The van der Waals surface area contributed by atoms with Gasteiger partial charge in [-0.05, 0) is 42.8 Å². The molecule has 0 radical (unpaired) electrons. The predicted octanol–water partition coefficient (Wildman–Crippen LogP) is 4.69. The highest BCUT2D eigenvalue weighted by Crippen LogP contribution is 2.35. The number of ether oxygens (including phenoxy) is 1. The number of hydrogen-bond acceptors (Lipinski definition) is 3. The number of sulfonamides is 1. The Morgan fingerprint density at radius 1 is 1.04 bits per heavy atom. The SMILES string of the molecule is CCCCOc1ccc(S(=O)(=O)Nc2ccccc2C(F)(F)F)cc1. The number of halogens is 3. The largest absolute Gasteiger partial charge is 0.494 e. The summed E-state index contributed by atoms with van der Waals surface area (Å²) >= 11 is 0. The van der Waals surface area contributed by atoms with Gasteiger partial charge in [-0.1, -0.05) is 25.5 Å². The molecule has 8 heteroatoms. The fourth-order valence-corrected chi connectivity index (χ4v) is 3.15. The fourth-order valence-electron chi connectivity index (χ4n) is 2.07. The number of rotatable bonds is 7. The van der Waals surface area contributed by atoms with Crippen molar-refractivity contribution in [2.45, 2.75) is 30.8 Å². The molecule has 0 aliphatic heterocycles. The summed E-state index contributed by atoms with van der Waals surface area (Å²) in [5.41, 5.74) is -1.56. The van der Waals surface area contributed by atoms with Gasteiger partial charge >= 0.3 is 6.18 Å². The summed E-state index contributed by atoms with van der Waals surface area (Å²) in [4.78, 5) is -0.146. The van der Waals surface area contributed by atoms with Gasteiger partial charge in [-0.3, -0.25) is 4.72 Å². The van der Waals surface area contributed by atoms with E-state index in [1.807, 2.05) is 11.6 Å². The van der Waals surface area contributed by atoms with Crippen molar-refractivity contribution in [3.05, 3.63) is 54.1 Å². The number of hydrogen-bond donors (Lipinski definition) is 1. The van der Waals surface area contributed by atoms with E-state index in [9.17, 15) is 21.6 Å². The van der Waals surface area contributed by atoms with Gasteiger partial charge in [0.25, 0.3) is 10.0 Å². The number of nitrogens with one attached hydrogen (secondary N) is 1. The van der Waals surface area contributed by atoms with Crippen molar-refractivity contribution in [2.24, 2.45) is 0 Å². The van der Waals surface area contributed by atoms with Crippen molar-refractivity contribution in [3.63, 3.8) is 0 Å². The molecule has 2 rings (SSSR count). The zero-order valence-corrected chi connectivity index (χ0v) is 14.3. The fraction of sp³-hybridized carbons (Fsp3) is 0.294. The number of unbranched alkanes of at least 4 members (excludes halogenated alkanes) is 1. The van der Waals surface area contributed by atoms with Crippen LogP contribution in [0.15, 0.2) is 53.4 Å². The van der Waals surface area contributed by atoms with Crippen LogP contribution in [-0.4, -0.2) is 15.0 Å². The van der Waals surface area contributed by atoms with E-state index in [0.717, 1.165) is 25.0 Å². The highest BCUT2D eigenvalue weighted by molar-refractivity contribution is 7.92. The van der Waals surface area contributed by atoms with Crippen molar-refractivity contribution >= 4 is 15.7 Å². The van der Waals surface area contributed by atoms with E-state index < -0.39 is 27.5 Å². The van der Waals surface area contributed by atoms with Crippen LogP contribution >= 0.6 is 0 Å². The summed E-state index contributed by atoms with van der Waals surface area (Å²) in [5.74, 6) is 0.503. The molecule has 0 spiro atoms. The molecule has 136 valence electrons. The molecule has 4 nitrogen and oxygen atoms in total. The number of anilines is 1. The zero-order valence-electron chi connectivity index (χ0n) is 13.5. The summed E-state index contributed by atoms with van der Waals surface area (Å²) < 4.78 is 71.0. The molecule has 2 aromatic rings. The summed E-state index contributed by atoms with van der Waals surface area (Å²) in [6.45, 7) is 2.53. The number of alkyl halides is 3. The third-order valence-electron chi connectivity index (χ3n) is 3.38. The van der Waals surface area contributed by atoms with Gasteiger partial charge in [-0.2, -0.15) is 13.2 Å². The van der Waals surface area contributed by atoms with Crippen molar-refractivity contribution in [1.29, 1.82) is 0 Å². The molecule has 1 N–H and O–H groups in total. The Hall–Kier alpha value is -2.22. The third-order valence-corrected chi connectivity index (χ3v) is 4.76. The van der Waals surface area contributed by atoms with Crippen molar-refractivity contribution in [1.82, 2.24) is 0 Å². The second-order valence-electron chi connectivity index (χ2n) is 5.32. The molecule has 0 unspecified atom stereocenters. The Morgan fingerprint density at radius 2 is 1.68 bits per heavy atom. The van der Waals surface area contributed by atoms with Gasteiger partial charge in [0.05, 0.1) is 22.8 Å². The van der Waals surface area contributed by atoms with E-state index in [-0.39, 0.29) is 4.90 Å². The van der Waals surface area contributed by atoms with Crippen LogP contribution in [0.3, 0.4) is 0 Å². The molecule has 0 aliphatic carbocycles. The lowest BCUT2D eigenvalue weighted by molar-refractivity contribution is -0.136. The van der Waals surface area contributed by atoms with Crippen LogP contribution in [0.1, 0.15) is 25.3 Å². The predicted molar refractivity (Wildman–Crippen MR) is 89.1 cm³/mol. The Morgan fingerprint density at radius 3 is 2.28 bits per heavy atom. The van der Waals surface area contributed by atoms with Crippen LogP contribution < -0.4 is 9.46 Å². The maximum atomic E-state index is 13.0. The van der Waals surface area contributed by atoms with E-state index in [4.69, 9.17) is 4.74 Å². The molecular formula is C17H18F3NO3S. The lowest BCUT2D eigenvalue weighted by Crippen LogP contribution is -2.17. The van der Waals surface area contributed by atoms with E-state index in [1.54, 1.807) is 0 Å². The molecule has 2 aromatic carbocycles. The first-order chi connectivity index (χ1) is 11.7. The molecule has 0 aromatic heterocycles. The number of benzene rings is 2. The van der Waals surface area contributed by atoms with Gasteiger partial charge < -0.3 is 4.74 Å². The monoisotopic (exact) mass is 373 g/mol. The summed E-state index contributed by atoms with van der Waals surface area (Å²) in [7, 11) is -4.14. The van der Waals surface area contributed by atoms with E-state index in [2.05, 4.69) is 0 Å². The normalized spacial score (nSPS) is 12.0. The molecule has 0 atom stereocenters. The molecule has 0 aliphatic rings. The van der Waals surface area contributed by atoms with Gasteiger partial charge in [-0.15, -0.1) is 0 Å². The third kappa shape index (κ3) is 5.12. The highest BCUT2D eigenvalue weighted by atomic mass is 32.2. The minimum Gasteiger partial charge on any atom is -0.494 e. The molecular weight excluding hydrogens is 355 g/mol. The second-order valence-corrected chi connectivity index (χ2v) is 7.00. The second kappa shape index (κ2) is 7.77. The average Bonchev–Trinajstić information content (AvgIpc) is 2.55. The van der Waals surface area contributed by atoms with Crippen LogP contribution in [0.25, 0.3) is 0 Å². The Bertz CT molecular complexity index is 803. The van der Waals surface area contributed by atoms with Gasteiger partial charge in [0, 0.05) is 0 Å². The maximum absolute atomic E-state index is 13.0. The van der Waals surface area contributed by atoms with Crippen LogP contribution in [0, 0.1) is 0 Å². The van der Waals surface area contributed by atoms with Crippen LogP contribution in [-0.2, 0) is 16.2 Å². The quantitative estimate of drug-likeness (QED) is 0.717. The molecule has 0 heterocycles. The van der Waals surface area contributed by atoms with E-state index >= 15 is 0 Å². The minimum atomic E-state index is -4.66. The highest BCUT2D eigenvalue weighted by Gasteiger charge is 2.34. The summed E-state index contributed by atoms with van der Waals surface area (Å²) in [6, 6.07) is 9.95. The summed E-state index contributed by atoms with van der Waals surface area (Å²) in [6.07, 6.45) is -2.82. The standard InChI is InChI=1S/C17H18F3NO3S/c1-2-3-12-24-13-8-10-14(11-9-13)25(22,23)21-16-7-5-4-6-15(16)17(18,19)20/h4-11,21H,2-3,12H2,1H3. The lowest BCUT2D eigenvalue weighted by Gasteiger charge is -2.14. The molecule has 0 saturated carbocycles. The zero-order chi connectivity index (χ0) is 18.5. The minimum absolute atomic E-state index is 0.146.